The lowest BCUT2D eigenvalue weighted by molar-refractivity contribution is -0.155. The monoisotopic (exact) mass is 391 g/mol. The topological polar surface area (TPSA) is 29.5 Å². The molecule has 29 heavy (non-hydrogen) atoms. The summed E-state index contributed by atoms with van der Waals surface area (Å²) in [5, 5.41) is 0. The zero-order valence-electron chi connectivity index (χ0n) is 17.6. The van der Waals surface area contributed by atoms with Gasteiger partial charge in [0.25, 0.3) is 0 Å². The third kappa shape index (κ3) is 4.40. The van der Waals surface area contributed by atoms with Gasteiger partial charge in [-0.05, 0) is 48.8 Å². The Kier molecular flexibility index (Phi) is 6.34. The predicted molar refractivity (Wildman–Crippen MR) is 117 cm³/mol. The molecule has 2 aromatic rings. The van der Waals surface area contributed by atoms with E-state index in [0.29, 0.717) is 5.92 Å². The maximum absolute atomic E-state index is 12.6. The summed E-state index contributed by atoms with van der Waals surface area (Å²) < 4.78 is 5.21. The molecule has 0 N–H and O–H groups in total. The normalized spacial score (nSPS) is 25.2. The first kappa shape index (κ1) is 20.2. The van der Waals surface area contributed by atoms with E-state index in [2.05, 4.69) is 65.6 Å². The van der Waals surface area contributed by atoms with Crippen LogP contribution in [0.5, 0.6) is 0 Å². The predicted octanol–water partition coefficient (Wildman–Crippen LogP) is 5.26. The molecule has 2 aliphatic rings. The molecule has 0 bridgehead atoms. The number of nitrogens with zero attached hydrogens (tertiary/aromatic N) is 1. The maximum atomic E-state index is 12.6. The minimum absolute atomic E-state index is 0.00854. The van der Waals surface area contributed by atoms with Crippen LogP contribution in [0.3, 0.4) is 0 Å². The van der Waals surface area contributed by atoms with Crippen molar-refractivity contribution in [3.63, 3.8) is 0 Å². The molecule has 1 saturated heterocycles. The summed E-state index contributed by atoms with van der Waals surface area (Å²) in [6.07, 6.45) is 6.86. The van der Waals surface area contributed by atoms with Gasteiger partial charge in [0.05, 0.1) is 13.0 Å². The molecule has 0 amide bonds. The van der Waals surface area contributed by atoms with E-state index in [-0.39, 0.29) is 17.3 Å². The van der Waals surface area contributed by atoms with Crippen LogP contribution in [0, 0.1) is 11.3 Å². The molecule has 3 nitrogen and oxygen atoms in total. The lowest BCUT2D eigenvalue weighted by Crippen LogP contribution is -2.51. The van der Waals surface area contributed by atoms with E-state index in [4.69, 9.17) is 4.74 Å². The number of piperidine rings is 1. The van der Waals surface area contributed by atoms with Crippen LogP contribution in [-0.2, 0) is 9.53 Å². The second-order valence-corrected chi connectivity index (χ2v) is 8.90. The van der Waals surface area contributed by atoms with Gasteiger partial charge in [-0.3, -0.25) is 4.79 Å². The fourth-order valence-corrected chi connectivity index (χ4v) is 5.75. The molecule has 0 radical (unpaired) electrons. The van der Waals surface area contributed by atoms with Crippen LogP contribution >= 0.6 is 0 Å². The Morgan fingerprint density at radius 3 is 2.24 bits per heavy atom. The van der Waals surface area contributed by atoms with E-state index in [1.54, 1.807) is 7.11 Å². The number of hydrogen-bond donors (Lipinski definition) is 0. The first-order valence-corrected chi connectivity index (χ1v) is 11.1. The smallest absolute Gasteiger partial charge is 0.309 e. The van der Waals surface area contributed by atoms with E-state index in [1.807, 2.05) is 0 Å². The molecule has 1 saturated carbocycles. The van der Waals surface area contributed by atoms with E-state index in [1.165, 1.54) is 24.0 Å². The molecule has 0 unspecified atom stereocenters. The van der Waals surface area contributed by atoms with Crippen molar-refractivity contribution in [3.8, 4) is 0 Å². The highest BCUT2D eigenvalue weighted by Crippen LogP contribution is 2.48. The lowest BCUT2D eigenvalue weighted by atomic mass is 9.62. The standard InChI is InChI=1S/C26H33NO2/c1-29-25(28)24-15-8-9-16-26(24)17-10-18-27(20-26)19-23(21-11-4-2-5-12-21)22-13-6-3-7-14-22/h2-7,11-14,23-24H,8-10,15-20H2,1H3/t24-,26-/m1/s1. The number of benzene rings is 2. The van der Waals surface area contributed by atoms with Gasteiger partial charge < -0.3 is 9.64 Å². The van der Waals surface area contributed by atoms with Gasteiger partial charge in [-0.15, -0.1) is 0 Å². The molecule has 1 heterocycles. The van der Waals surface area contributed by atoms with E-state index >= 15 is 0 Å². The van der Waals surface area contributed by atoms with Gasteiger partial charge in [-0.25, -0.2) is 0 Å². The Morgan fingerprint density at radius 1 is 1.00 bits per heavy atom. The lowest BCUT2D eigenvalue weighted by Gasteiger charge is -2.49. The van der Waals surface area contributed by atoms with Crippen molar-refractivity contribution >= 4 is 5.97 Å². The van der Waals surface area contributed by atoms with Crippen LogP contribution < -0.4 is 0 Å². The average Bonchev–Trinajstić information content (AvgIpc) is 2.78. The first-order chi connectivity index (χ1) is 14.2. The maximum Gasteiger partial charge on any atom is 0.309 e. The van der Waals surface area contributed by atoms with Crippen molar-refractivity contribution in [2.75, 3.05) is 26.7 Å². The van der Waals surface area contributed by atoms with Crippen LogP contribution in [0.25, 0.3) is 0 Å². The fraction of sp³-hybridized carbons (Fsp3) is 0.500. The van der Waals surface area contributed by atoms with Crippen molar-refractivity contribution in [2.24, 2.45) is 11.3 Å². The van der Waals surface area contributed by atoms with E-state index in [9.17, 15) is 4.79 Å². The molecule has 1 spiro atoms. The molecular weight excluding hydrogens is 358 g/mol. The molecular formula is C26H33NO2. The molecule has 2 aromatic carbocycles. The van der Waals surface area contributed by atoms with Crippen molar-refractivity contribution in [3.05, 3.63) is 71.8 Å². The number of rotatable bonds is 5. The summed E-state index contributed by atoms with van der Waals surface area (Å²) in [7, 11) is 1.55. The van der Waals surface area contributed by atoms with Crippen LogP contribution in [0.15, 0.2) is 60.7 Å². The molecule has 154 valence electrons. The van der Waals surface area contributed by atoms with Gasteiger partial charge in [-0.1, -0.05) is 73.5 Å². The third-order valence-electron chi connectivity index (χ3n) is 7.17. The number of ether oxygens (including phenoxy) is 1. The molecule has 1 aliphatic carbocycles. The van der Waals surface area contributed by atoms with Gasteiger partial charge in [-0.2, -0.15) is 0 Å². The molecule has 3 heteroatoms. The van der Waals surface area contributed by atoms with Gasteiger partial charge in [0.1, 0.15) is 0 Å². The number of methoxy groups -OCH3 is 1. The zero-order chi connectivity index (χ0) is 20.1. The van der Waals surface area contributed by atoms with E-state index in [0.717, 1.165) is 45.3 Å². The summed E-state index contributed by atoms with van der Waals surface area (Å²) in [5.74, 6) is 0.429. The van der Waals surface area contributed by atoms with Crippen LogP contribution in [0.2, 0.25) is 0 Å². The second-order valence-electron chi connectivity index (χ2n) is 8.90. The Bertz CT molecular complexity index is 747. The zero-order valence-corrected chi connectivity index (χ0v) is 17.6. The number of carbonyl (C=O) groups excluding carboxylic acids is 1. The Labute approximate surface area is 175 Å². The van der Waals surface area contributed by atoms with Crippen LogP contribution in [-0.4, -0.2) is 37.6 Å². The van der Waals surface area contributed by atoms with Gasteiger partial charge in [0, 0.05) is 19.0 Å². The molecule has 4 rings (SSSR count). The van der Waals surface area contributed by atoms with Gasteiger partial charge in [0.15, 0.2) is 0 Å². The van der Waals surface area contributed by atoms with Crippen LogP contribution in [0.4, 0.5) is 0 Å². The van der Waals surface area contributed by atoms with Crippen molar-refractivity contribution < 1.29 is 9.53 Å². The summed E-state index contributed by atoms with van der Waals surface area (Å²) >= 11 is 0. The highest BCUT2D eigenvalue weighted by molar-refractivity contribution is 5.73. The third-order valence-corrected chi connectivity index (χ3v) is 7.17. The fourth-order valence-electron chi connectivity index (χ4n) is 5.75. The molecule has 2 fully saturated rings. The van der Waals surface area contributed by atoms with Gasteiger partial charge in [0.2, 0.25) is 0 Å². The summed E-state index contributed by atoms with van der Waals surface area (Å²) in [6.45, 7) is 3.14. The number of esters is 1. The Hall–Kier alpha value is -2.13. The second kappa shape index (κ2) is 9.13. The molecule has 0 aromatic heterocycles. The van der Waals surface area contributed by atoms with Crippen LogP contribution in [0.1, 0.15) is 55.6 Å². The average molecular weight is 392 g/mol. The Morgan fingerprint density at radius 2 is 1.62 bits per heavy atom. The van der Waals surface area contributed by atoms with Crippen molar-refractivity contribution in [2.45, 2.75) is 44.4 Å². The highest BCUT2D eigenvalue weighted by Gasteiger charge is 2.47. The van der Waals surface area contributed by atoms with Crippen molar-refractivity contribution in [1.82, 2.24) is 4.90 Å². The SMILES string of the molecule is COC(=O)[C@H]1CCCC[C@]12CCCN(CC(c1ccccc1)c1ccccc1)C2. The largest absolute Gasteiger partial charge is 0.469 e. The first-order valence-electron chi connectivity index (χ1n) is 11.1. The van der Waals surface area contributed by atoms with Crippen molar-refractivity contribution in [1.29, 1.82) is 0 Å². The van der Waals surface area contributed by atoms with E-state index < -0.39 is 0 Å². The Balaban J connectivity index is 1.57. The highest BCUT2D eigenvalue weighted by atomic mass is 16.5. The number of carbonyl (C=O) groups is 1. The van der Waals surface area contributed by atoms with Gasteiger partial charge >= 0.3 is 5.97 Å². The molecule has 2 atom stereocenters. The summed E-state index contributed by atoms with van der Waals surface area (Å²) in [5.41, 5.74) is 2.83. The number of hydrogen-bond acceptors (Lipinski definition) is 3. The number of likely N-dealkylation sites (tertiary alicyclic amines) is 1. The summed E-state index contributed by atoms with van der Waals surface area (Å²) in [4.78, 5) is 15.2. The quantitative estimate of drug-likeness (QED) is 0.651. The summed E-state index contributed by atoms with van der Waals surface area (Å²) in [6, 6.07) is 21.7. The molecule has 1 aliphatic heterocycles. The minimum atomic E-state index is 0.00854. The minimum Gasteiger partial charge on any atom is -0.469 e.